The van der Waals surface area contributed by atoms with Crippen molar-refractivity contribution in [2.75, 3.05) is 12.4 Å². The van der Waals surface area contributed by atoms with Crippen molar-refractivity contribution in [1.82, 2.24) is 0 Å². The summed E-state index contributed by atoms with van der Waals surface area (Å²) in [4.78, 5) is 12.2. The number of nitrogens with one attached hydrogen (secondary N) is 1. The Balaban J connectivity index is 2.28. The van der Waals surface area contributed by atoms with Crippen LogP contribution in [0.25, 0.3) is 0 Å². The number of aliphatic hydroxyl groups is 1. The Kier molecular flexibility index (Phi) is 4.22. The molecule has 0 saturated carbocycles. The fraction of sp³-hybridized carbons (Fsp3) is 0.133. The number of carbonyl (C=O) groups excluding carboxylic acids is 1. The molecule has 0 atom stereocenters. The second-order valence-electron chi connectivity index (χ2n) is 4.15. The van der Waals surface area contributed by atoms with Crippen molar-refractivity contribution in [3.63, 3.8) is 0 Å². The zero-order chi connectivity index (χ0) is 14.5. The lowest BCUT2D eigenvalue weighted by atomic mass is 10.1. The van der Waals surface area contributed by atoms with Gasteiger partial charge in [-0.05, 0) is 24.3 Å². The summed E-state index contributed by atoms with van der Waals surface area (Å²) in [5.41, 5.74) is 1.21. The Bertz CT molecular complexity index is 625. The Morgan fingerprint density at radius 3 is 2.70 bits per heavy atom. The Morgan fingerprint density at radius 1 is 1.25 bits per heavy atom. The topological polar surface area (TPSA) is 78.8 Å². The Morgan fingerprint density at radius 2 is 2.00 bits per heavy atom. The summed E-state index contributed by atoms with van der Waals surface area (Å²) >= 11 is 0. The van der Waals surface area contributed by atoms with E-state index in [0.29, 0.717) is 17.0 Å². The summed E-state index contributed by atoms with van der Waals surface area (Å²) in [6.07, 6.45) is 0. The molecule has 2 aromatic rings. The number of hydrogen-bond donors (Lipinski definition) is 3. The largest absolute Gasteiger partial charge is 0.507 e. The number of aromatic hydroxyl groups is 1. The van der Waals surface area contributed by atoms with Crippen LogP contribution in [-0.2, 0) is 6.61 Å². The minimum absolute atomic E-state index is 0.108. The van der Waals surface area contributed by atoms with Crippen molar-refractivity contribution in [3.8, 4) is 11.5 Å². The molecule has 0 aliphatic rings. The number of para-hydroxylation sites is 1. The number of phenolic OH excluding ortho intramolecular Hbond substituents is 1. The third-order valence-electron chi connectivity index (χ3n) is 2.88. The molecule has 104 valence electrons. The number of methoxy groups -OCH3 is 1. The molecule has 0 spiro atoms. The van der Waals surface area contributed by atoms with E-state index in [2.05, 4.69) is 5.32 Å². The molecule has 2 rings (SSSR count). The van der Waals surface area contributed by atoms with Gasteiger partial charge in [-0.15, -0.1) is 0 Å². The Hall–Kier alpha value is -2.53. The van der Waals surface area contributed by atoms with Gasteiger partial charge >= 0.3 is 0 Å². The maximum absolute atomic E-state index is 12.2. The van der Waals surface area contributed by atoms with Crippen LogP contribution in [0, 0.1) is 0 Å². The maximum Gasteiger partial charge on any atom is 0.259 e. The van der Waals surface area contributed by atoms with Crippen LogP contribution in [-0.4, -0.2) is 23.2 Å². The first-order valence-corrected chi connectivity index (χ1v) is 6.03. The first-order valence-electron chi connectivity index (χ1n) is 6.03. The Labute approximate surface area is 116 Å². The first-order chi connectivity index (χ1) is 9.65. The zero-order valence-corrected chi connectivity index (χ0v) is 11.0. The highest BCUT2D eigenvalue weighted by molar-refractivity contribution is 6.06. The molecule has 20 heavy (non-hydrogen) atoms. The number of amides is 1. The average Bonchev–Trinajstić information content (AvgIpc) is 2.48. The van der Waals surface area contributed by atoms with E-state index in [1.807, 2.05) is 0 Å². The summed E-state index contributed by atoms with van der Waals surface area (Å²) < 4.78 is 5.02. The minimum atomic E-state index is -0.470. The number of hydrogen-bond acceptors (Lipinski definition) is 4. The molecule has 0 heterocycles. The zero-order valence-electron chi connectivity index (χ0n) is 11.0. The predicted molar refractivity (Wildman–Crippen MR) is 75.0 cm³/mol. The molecule has 0 aliphatic carbocycles. The van der Waals surface area contributed by atoms with Crippen molar-refractivity contribution < 1.29 is 19.7 Å². The molecule has 0 bridgehead atoms. The fourth-order valence-corrected chi connectivity index (χ4v) is 1.79. The van der Waals surface area contributed by atoms with Gasteiger partial charge in [-0.1, -0.05) is 18.2 Å². The van der Waals surface area contributed by atoms with Crippen molar-refractivity contribution in [3.05, 3.63) is 53.6 Å². The molecule has 0 aromatic heterocycles. The number of anilines is 1. The molecule has 3 N–H and O–H groups in total. The number of ether oxygens (including phenoxy) is 1. The third-order valence-corrected chi connectivity index (χ3v) is 2.88. The van der Waals surface area contributed by atoms with Crippen molar-refractivity contribution in [1.29, 1.82) is 0 Å². The lowest BCUT2D eigenvalue weighted by Crippen LogP contribution is -2.13. The summed E-state index contributed by atoms with van der Waals surface area (Å²) in [6.45, 7) is -0.180. The molecule has 2 aromatic carbocycles. The smallest absolute Gasteiger partial charge is 0.259 e. The highest BCUT2D eigenvalue weighted by Crippen LogP contribution is 2.24. The van der Waals surface area contributed by atoms with Gasteiger partial charge in [-0.25, -0.2) is 0 Å². The minimum Gasteiger partial charge on any atom is -0.507 e. The van der Waals surface area contributed by atoms with Gasteiger partial charge in [-0.3, -0.25) is 4.79 Å². The molecule has 0 saturated heterocycles. The van der Waals surface area contributed by atoms with Crippen molar-refractivity contribution >= 4 is 11.6 Å². The number of rotatable bonds is 4. The van der Waals surface area contributed by atoms with E-state index in [-0.39, 0.29) is 17.9 Å². The van der Waals surface area contributed by atoms with Gasteiger partial charge in [0.05, 0.1) is 19.3 Å². The molecular weight excluding hydrogens is 258 g/mol. The first kappa shape index (κ1) is 13.9. The molecule has 0 unspecified atom stereocenters. The van der Waals surface area contributed by atoms with E-state index in [1.165, 1.54) is 19.2 Å². The average molecular weight is 273 g/mol. The van der Waals surface area contributed by atoms with E-state index < -0.39 is 5.91 Å². The summed E-state index contributed by atoms with van der Waals surface area (Å²) in [7, 11) is 1.48. The van der Waals surface area contributed by atoms with Crippen molar-refractivity contribution in [2.45, 2.75) is 6.61 Å². The predicted octanol–water partition coefficient (Wildman–Crippen LogP) is 2.15. The summed E-state index contributed by atoms with van der Waals surface area (Å²) in [5, 5.41) is 21.6. The van der Waals surface area contributed by atoms with Gasteiger partial charge in [-0.2, -0.15) is 0 Å². The van der Waals surface area contributed by atoms with E-state index in [1.54, 1.807) is 30.3 Å². The van der Waals surface area contributed by atoms with Crippen LogP contribution in [0.2, 0.25) is 0 Å². The van der Waals surface area contributed by atoms with Gasteiger partial charge in [0, 0.05) is 11.3 Å². The molecule has 5 nitrogen and oxygen atoms in total. The maximum atomic E-state index is 12.2. The van der Waals surface area contributed by atoms with Crippen LogP contribution < -0.4 is 10.1 Å². The molecule has 0 aliphatic heterocycles. The SMILES string of the molecule is COc1ccc(O)c(C(=O)Nc2ccccc2CO)c1. The highest BCUT2D eigenvalue weighted by atomic mass is 16.5. The van der Waals surface area contributed by atoms with Crippen LogP contribution in [0.4, 0.5) is 5.69 Å². The van der Waals surface area contributed by atoms with E-state index in [9.17, 15) is 15.0 Å². The fourth-order valence-electron chi connectivity index (χ4n) is 1.79. The van der Waals surface area contributed by atoms with Crippen LogP contribution in [0.3, 0.4) is 0 Å². The van der Waals surface area contributed by atoms with E-state index in [4.69, 9.17) is 4.74 Å². The monoisotopic (exact) mass is 273 g/mol. The number of phenols is 1. The lowest BCUT2D eigenvalue weighted by Gasteiger charge is -2.11. The molecular formula is C15H15NO4. The number of aliphatic hydroxyl groups excluding tert-OH is 1. The van der Waals surface area contributed by atoms with Gasteiger partial charge in [0.15, 0.2) is 0 Å². The third kappa shape index (κ3) is 2.89. The lowest BCUT2D eigenvalue weighted by molar-refractivity contribution is 0.102. The molecule has 1 amide bonds. The van der Waals surface area contributed by atoms with Gasteiger partial charge in [0.25, 0.3) is 5.91 Å². The van der Waals surface area contributed by atoms with Crippen molar-refractivity contribution in [2.24, 2.45) is 0 Å². The molecule has 0 fully saturated rings. The van der Waals surface area contributed by atoms with E-state index >= 15 is 0 Å². The quantitative estimate of drug-likeness (QED) is 0.797. The highest BCUT2D eigenvalue weighted by Gasteiger charge is 2.14. The number of benzene rings is 2. The van der Waals surface area contributed by atoms with E-state index in [0.717, 1.165) is 0 Å². The summed E-state index contributed by atoms with van der Waals surface area (Å²) in [5.74, 6) is -0.129. The normalized spacial score (nSPS) is 10.1. The molecule has 5 heteroatoms. The van der Waals surface area contributed by atoms with Crippen LogP contribution >= 0.6 is 0 Å². The second-order valence-corrected chi connectivity index (χ2v) is 4.15. The standard InChI is InChI=1S/C15H15NO4/c1-20-11-6-7-14(18)12(8-11)15(19)16-13-5-3-2-4-10(13)9-17/h2-8,17-18H,9H2,1H3,(H,16,19). The van der Waals surface area contributed by atoms with Gasteiger partial charge in [0.2, 0.25) is 0 Å². The van der Waals surface area contributed by atoms with Crippen LogP contribution in [0.5, 0.6) is 11.5 Å². The van der Waals surface area contributed by atoms with Crippen LogP contribution in [0.1, 0.15) is 15.9 Å². The number of carbonyl (C=O) groups is 1. The van der Waals surface area contributed by atoms with Gasteiger partial charge < -0.3 is 20.3 Å². The van der Waals surface area contributed by atoms with Crippen LogP contribution in [0.15, 0.2) is 42.5 Å². The second kappa shape index (κ2) is 6.08. The molecule has 0 radical (unpaired) electrons. The van der Waals surface area contributed by atoms with Gasteiger partial charge in [0.1, 0.15) is 11.5 Å². The summed E-state index contributed by atoms with van der Waals surface area (Å²) in [6, 6.07) is 11.3.